The maximum Gasteiger partial charge on any atom is 0.289 e. The summed E-state index contributed by atoms with van der Waals surface area (Å²) in [7, 11) is -2.65. The second-order valence-corrected chi connectivity index (χ2v) is 9.04. The summed E-state index contributed by atoms with van der Waals surface area (Å²) in [5, 5.41) is 0. The molecule has 0 unspecified atom stereocenters. The topological polar surface area (TPSA) is 117 Å². The van der Waals surface area contributed by atoms with Gasteiger partial charge in [0.2, 0.25) is 21.8 Å². The van der Waals surface area contributed by atoms with Crippen LogP contribution in [0, 0.1) is 0 Å². The standard InChI is InChI=1S/C20H21N3O7S/c1-29-15-5-4-14(23-18(24)6-7-19(23)25)13-17(15)31(27,28)22-10-8-21(9-11-22)20(26)16-3-2-12-30-16/h2-5,12-13H,6-11H2,1H3. The molecule has 0 atom stereocenters. The Bertz CT molecular complexity index is 1100. The molecule has 164 valence electrons. The molecule has 3 amide bonds. The van der Waals surface area contributed by atoms with Crippen LogP contribution in [-0.2, 0) is 19.6 Å². The Morgan fingerprint density at radius 2 is 1.71 bits per heavy atom. The summed E-state index contributed by atoms with van der Waals surface area (Å²) in [6, 6.07) is 7.37. The fourth-order valence-corrected chi connectivity index (χ4v) is 5.29. The molecule has 4 rings (SSSR count). The minimum atomic E-state index is -4.00. The average molecular weight is 447 g/mol. The molecule has 2 aliphatic heterocycles. The average Bonchev–Trinajstić information content (AvgIpc) is 3.43. The number of ether oxygens (including phenoxy) is 1. The molecule has 1 aromatic carbocycles. The molecular weight excluding hydrogens is 426 g/mol. The predicted molar refractivity (Wildman–Crippen MR) is 108 cm³/mol. The molecule has 10 nitrogen and oxygen atoms in total. The van der Waals surface area contributed by atoms with E-state index in [9.17, 15) is 22.8 Å². The van der Waals surface area contributed by atoms with Crippen molar-refractivity contribution in [3.05, 3.63) is 42.4 Å². The Hall–Kier alpha value is -3.18. The van der Waals surface area contributed by atoms with Crippen molar-refractivity contribution in [2.75, 3.05) is 38.2 Å². The molecule has 2 aromatic rings. The van der Waals surface area contributed by atoms with E-state index in [1.165, 1.54) is 40.8 Å². The van der Waals surface area contributed by atoms with Crippen molar-refractivity contribution in [2.24, 2.45) is 0 Å². The van der Waals surface area contributed by atoms with E-state index in [0.29, 0.717) is 0 Å². The van der Waals surface area contributed by atoms with E-state index in [4.69, 9.17) is 9.15 Å². The molecule has 2 saturated heterocycles. The third-order valence-corrected chi connectivity index (χ3v) is 7.25. The Balaban J connectivity index is 1.57. The van der Waals surface area contributed by atoms with Gasteiger partial charge in [-0.15, -0.1) is 0 Å². The van der Waals surface area contributed by atoms with E-state index in [-0.39, 0.29) is 78.8 Å². The molecule has 1 aromatic heterocycles. The first-order chi connectivity index (χ1) is 14.8. The minimum Gasteiger partial charge on any atom is -0.495 e. The molecule has 2 fully saturated rings. The number of carbonyl (C=O) groups excluding carboxylic acids is 3. The Morgan fingerprint density at radius 1 is 1.03 bits per heavy atom. The Morgan fingerprint density at radius 3 is 2.29 bits per heavy atom. The fourth-order valence-electron chi connectivity index (χ4n) is 3.70. The van der Waals surface area contributed by atoms with Gasteiger partial charge >= 0.3 is 0 Å². The zero-order chi connectivity index (χ0) is 22.2. The summed E-state index contributed by atoms with van der Waals surface area (Å²) in [5.41, 5.74) is 0.193. The van der Waals surface area contributed by atoms with Gasteiger partial charge in [0.1, 0.15) is 10.6 Å². The second kappa shape index (κ2) is 8.16. The van der Waals surface area contributed by atoms with Gasteiger partial charge in [0, 0.05) is 39.0 Å². The molecule has 0 saturated carbocycles. The largest absolute Gasteiger partial charge is 0.495 e. The van der Waals surface area contributed by atoms with Crippen molar-refractivity contribution in [3.8, 4) is 5.75 Å². The van der Waals surface area contributed by atoms with Crippen molar-refractivity contribution >= 4 is 33.4 Å². The number of anilines is 1. The molecule has 0 radical (unpaired) electrons. The molecule has 0 aliphatic carbocycles. The lowest BCUT2D eigenvalue weighted by atomic mass is 10.2. The van der Waals surface area contributed by atoms with E-state index in [1.54, 1.807) is 12.1 Å². The molecule has 0 N–H and O–H groups in total. The number of benzene rings is 1. The third kappa shape index (κ3) is 3.81. The first-order valence-corrected chi connectivity index (χ1v) is 11.1. The van der Waals surface area contributed by atoms with Crippen LogP contribution in [0.15, 0.2) is 45.9 Å². The van der Waals surface area contributed by atoms with Gasteiger partial charge < -0.3 is 14.1 Å². The molecule has 11 heteroatoms. The number of hydrogen-bond donors (Lipinski definition) is 0. The van der Waals surface area contributed by atoms with E-state index < -0.39 is 10.0 Å². The number of amides is 3. The molecule has 0 spiro atoms. The highest BCUT2D eigenvalue weighted by molar-refractivity contribution is 7.89. The molecule has 0 bridgehead atoms. The highest BCUT2D eigenvalue weighted by Gasteiger charge is 2.35. The van der Waals surface area contributed by atoms with Crippen LogP contribution in [0.25, 0.3) is 0 Å². The molecule has 31 heavy (non-hydrogen) atoms. The van der Waals surface area contributed by atoms with Crippen molar-refractivity contribution in [2.45, 2.75) is 17.7 Å². The van der Waals surface area contributed by atoms with Crippen LogP contribution in [0.4, 0.5) is 5.69 Å². The summed E-state index contributed by atoms with van der Waals surface area (Å²) in [4.78, 5) is 38.9. The normalized spacial score (nSPS) is 18.0. The third-order valence-electron chi connectivity index (χ3n) is 5.33. The van der Waals surface area contributed by atoms with Gasteiger partial charge in [-0.2, -0.15) is 4.31 Å². The number of methoxy groups -OCH3 is 1. The summed E-state index contributed by atoms with van der Waals surface area (Å²) in [5.74, 6) is -0.734. The lowest BCUT2D eigenvalue weighted by molar-refractivity contribution is -0.121. The van der Waals surface area contributed by atoms with E-state index in [0.717, 1.165) is 4.90 Å². The van der Waals surface area contributed by atoms with Gasteiger partial charge in [0.25, 0.3) is 5.91 Å². The zero-order valence-corrected chi connectivity index (χ0v) is 17.6. The van der Waals surface area contributed by atoms with Crippen LogP contribution in [0.3, 0.4) is 0 Å². The fraction of sp³-hybridized carbons (Fsp3) is 0.350. The van der Waals surface area contributed by atoms with Crippen molar-refractivity contribution in [1.29, 1.82) is 0 Å². The lowest BCUT2D eigenvalue weighted by Crippen LogP contribution is -2.50. The smallest absolute Gasteiger partial charge is 0.289 e. The van der Waals surface area contributed by atoms with Gasteiger partial charge in [0.05, 0.1) is 19.1 Å². The predicted octanol–water partition coefficient (Wildman–Crippen LogP) is 1.09. The quantitative estimate of drug-likeness (QED) is 0.630. The first-order valence-electron chi connectivity index (χ1n) is 9.69. The Kier molecular flexibility index (Phi) is 5.54. The van der Waals surface area contributed by atoms with Crippen LogP contribution in [0.5, 0.6) is 5.75 Å². The lowest BCUT2D eigenvalue weighted by Gasteiger charge is -2.33. The number of rotatable bonds is 5. The van der Waals surface area contributed by atoms with Crippen molar-refractivity contribution in [3.63, 3.8) is 0 Å². The molecule has 2 aliphatic rings. The number of sulfonamides is 1. The highest BCUT2D eigenvalue weighted by atomic mass is 32.2. The summed E-state index contributed by atoms with van der Waals surface area (Å²) < 4.78 is 38.3. The SMILES string of the molecule is COc1ccc(N2C(=O)CCC2=O)cc1S(=O)(=O)N1CCN(C(=O)c2ccco2)CC1. The van der Waals surface area contributed by atoms with Gasteiger partial charge in [-0.3, -0.25) is 19.3 Å². The van der Waals surface area contributed by atoms with Crippen molar-refractivity contribution < 1.29 is 32.0 Å². The number of imide groups is 1. The van der Waals surface area contributed by atoms with Crippen LogP contribution >= 0.6 is 0 Å². The number of furan rings is 1. The van der Waals surface area contributed by atoms with Crippen molar-refractivity contribution in [1.82, 2.24) is 9.21 Å². The summed E-state index contributed by atoms with van der Waals surface area (Å²) >= 11 is 0. The van der Waals surface area contributed by atoms with E-state index in [1.807, 2.05) is 0 Å². The minimum absolute atomic E-state index is 0.0870. The zero-order valence-electron chi connectivity index (χ0n) is 16.8. The molecule has 3 heterocycles. The van der Waals surface area contributed by atoms with E-state index in [2.05, 4.69) is 0 Å². The number of hydrogen-bond acceptors (Lipinski definition) is 7. The van der Waals surface area contributed by atoms with Gasteiger partial charge in [-0.1, -0.05) is 0 Å². The number of piperazine rings is 1. The summed E-state index contributed by atoms with van der Waals surface area (Å²) in [6.45, 7) is 0.571. The highest BCUT2D eigenvalue weighted by Crippen LogP contribution is 2.33. The summed E-state index contributed by atoms with van der Waals surface area (Å²) in [6.07, 6.45) is 1.60. The van der Waals surface area contributed by atoms with Crippen LogP contribution in [0.2, 0.25) is 0 Å². The molecular formula is C20H21N3O7S. The van der Waals surface area contributed by atoms with Gasteiger partial charge in [-0.25, -0.2) is 8.42 Å². The van der Waals surface area contributed by atoms with Gasteiger partial charge in [0.15, 0.2) is 5.76 Å². The van der Waals surface area contributed by atoms with Crippen LogP contribution in [-0.4, -0.2) is 68.6 Å². The first kappa shape index (κ1) is 21.1. The van der Waals surface area contributed by atoms with Crippen LogP contribution < -0.4 is 9.64 Å². The Labute approximate surface area is 179 Å². The maximum atomic E-state index is 13.3. The number of carbonyl (C=O) groups is 3. The maximum absolute atomic E-state index is 13.3. The van der Waals surface area contributed by atoms with Gasteiger partial charge in [-0.05, 0) is 30.3 Å². The monoisotopic (exact) mass is 447 g/mol. The number of nitrogens with zero attached hydrogens (tertiary/aromatic N) is 3. The van der Waals surface area contributed by atoms with E-state index >= 15 is 0 Å². The second-order valence-electron chi connectivity index (χ2n) is 7.13. The van der Waals surface area contributed by atoms with Crippen LogP contribution in [0.1, 0.15) is 23.4 Å².